The SMILES string of the molecule is Cc1c(C(=O)c2ccc(Oc3ccccc3)cc2)c(-c2cccc3ccccc23)cn1-c1cnc[nH]1. The van der Waals surface area contributed by atoms with Crippen LogP contribution in [0, 0.1) is 6.92 Å². The highest BCUT2D eigenvalue weighted by atomic mass is 16.5. The molecule has 6 rings (SSSR count). The number of para-hydroxylation sites is 1. The number of fused-ring (bicyclic) bond motifs is 1. The van der Waals surface area contributed by atoms with Crippen LogP contribution >= 0.6 is 0 Å². The lowest BCUT2D eigenvalue weighted by molar-refractivity contribution is 0.103. The van der Waals surface area contributed by atoms with Crippen LogP contribution in [0.2, 0.25) is 0 Å². The highest BCUT2D eigenvalue weighted by Gasteiger charge is 2.24. The Morgan fingerprint density at radius 3 is 2.31 bits per heavy atom. The normalized spacial score (nSPS) is 11.0. The van der Waals surface area contributed by atoms with Gasteiger partial charge in [0.2, 0.25) is 0 Å². The maximum atomic E-state index is 14.0. The Labute approximate surface area is 208 Å². The molecule has 0 radical (unpaired) electrons. The second-order valence-corrected chi connectivity index (χ2v) is 8.61. The summed E-state index contributed by atoms with van der Waals surface area (Å²) >= 11 is 0. The Kier molecular flexibility index (Phi) is 5.43. The molecule has 0 fully saturated rings. The van der Waals surface area contributed by atoms with Crippen molar-refractivity contribution in [2.45, 2.75) is 6.92 Å². The first kappa shape index (κ1) is 21.6. The fourth-order valence-electron chi connectivity index (χ4n) is 4.63. The molecule has 2 aromatic heterocycles. The molecule has 6 aromatic rings. The Morgan fingerprint density at radius 1 is 0.806 bits per heavy atom. The van der Waals surface area contributed by atoms with Gasteiger partial charge in [0.1, 0.15) is 17.3 Å². The zero-order valence-electron chi connectivity index (χ0n) is 19.7. The number of hydrogen-bond acceptors (Lipinski definition) is 3. The van der Waals surface area contributed by atoms with Gasteiger partial charge < -0.3 is 14.3 Å². The van der Waals surface area contributed by atoms with Gasteiger partial charge in [-0.15, -0.1) is 0 Å². The van der Waals surface area contributed by atoms with E-state index in [9.17, 15) is 4.79 Å². The molecule has 0 unspecified atom stereocenters. The van der Waals surface area contributed by atoms with Gasteiger partial charge in [0.25, 0.3) is 0 Å². The lowest BCUT2D eigenvalue weighted by atomic mass is 9.93. The van der Waals surface area contributed by atoms with Gasteiger partial charge in [0.05, 0.1) is 18.1 Å². The van der Waals surface area contributed by atoms with Gasteiger partial charge in [-0.2, -0.15) is 0 Å². The standard InChI is InChI=1S/C31H23N3O2/c1-21-30(31(35)23-14-16-25(17-15-23)36-24-10-3-2-4-11-24)28(19-34(21)29-18-32-20-33-29)27-13-7-9-22-8-5-6-12-26(22)27/h2-20H,1H3,(H,32,33). The van der Waals surface area contributed by atoms with Gasteiger partial charge in [0.15, 0.2) is 5.78 Å². The number of hydrogen-bond donors (Lipinski definition) is 1. The van der Waals surface area contributed by atoms with Crippen LogP contribution in [0.1, 0.15) is 21.6 Å². The molecule has 0 aliphatic heterocycles. The van der Waals surface area contributed by atoms with Crippen molar-refractivity contribution >= 4 is 16.6 Å². The molecule has 1 N–H and O–H groups in total. The van der Waals surface area contributed by atoms with Gasteiger partial charge in [-0.25, -0.2) is 4.98 Å². The third-order valence-corrected chi connectivity index (χ3v) is 6.40. The summed E-state index contributed by atoms with van der Waals surface area (Å²) in [6, 6.07) is 31.3. The van der Waals surface area contributed by atoms with Crippen molar-refractivity contribution < 1.29 is 9.53 Å². The van der Waals surface area contributed by atoms with Crippen LogP contribution < -0.4 is 4.74 Å². The summed E-state index contributed by atoms with van der Waals surface area (Å²) in [4.78, 5) is 21.3. The van der Waals surface area contributed by atoms with Crippen LogP contribution in [0.4, 0.5) is 0 Å². The predicted octanol–water partition coefficient (Wildman–Crippen LogP) is 7.35. The fraction of sp³-hybridized carbons (Fsp3) is 0.0323. The van der Waals surface area contributed by atoms with E-state index in [1.54, 1.807) is 12.5 Å². The molecule has 0 amide bonds. The number of nitrogens with zero attached hydrogens (tertiary/aromatic N) is 2. The van der Waals surface area contributed by atoms with Crippen LogP contribution in [0.25, 0.3) is 27.7 Å². The van der Waals surface area contributed by atoms with Crippen molar-refractivity contribution in [3.63, 3.8) is 0 Å². The summed E-state index contributed by atoms with van der Waals surface area (Å²) in [5.74, 6) is 2.20. The third-order valence-electron chi connectivity index (χ3n) is 6.40. The van der Waals surface area contributed by atoms with E-state index in [0.717, 1.165) is 39.2 Å². The number of ketones is 1. The molecule has 5 nitrogen and oxygen atoms in total. The summed E-state index contributed by atoms with van der Waals surface area (Å²) < 4.78 is 7.90. The number of benzene rings is 4. The van der Waals surface area contributed by atoms with Gasteiger partial charge >= 0.3 is 0 Å². The number of aromatic nitrogens is 3. The summed E-state index contributed by atoms with van der Waals surface area (Å²) in [6.07, 6.45) is 5.41. The van der Waals surface area contributed by atoms with Gasteiger partial charge in [0, 0.05) is 23.0 Å². The number of ether oxygens (including phenoxy) is 1. The summed E-state index contributed by atoms with van der Waals surface area (Å²) in [5, 5.41) is 2.23. The molecule has 0 aliphatic rings. The smallest absolute Gasteiger partial charge is 0.195 e. The molecule has 2 heterocycles. The molecule has 0 spiro atoms. The third kappa shape index (κ3) is 3.87. The summed E-state index contributed by atoms with van der Waals surface area (Å²) in [6.45, 7) is 1.97. The van der Waals surface area contributed by atoms with E-state index in [-0.39, 0.29) is 5.78 Å². The van der Waals surface area contributed by atoms with E-state index in [1.165, 1.54) is 0 Å². The van der Waals surface area contributed by atoms with Crippen molar-refractivity contribution in [1.82, 2.24) is 14.5 Å². The molecular weight excluding hydrogens is 446 g/mol. The number of imidazole rings is 1. The molecule has 0 aliphatic carbocycles. The first-order valence-corrected chi connectivity index (χ1v) is 11.8. The molecule has 36 heavy (non-hydrogen) atoms. The summed E-state index contributed by atoms with van der Waals surface area (Å²) in [7, 11) is 0. The minimum atomic E-state index is -0.0417. The molecule has 174 valence electrons. The largest absolute Gasteiger partial charge is 0.457 e. The van der Waals surface area contributed by atoms with Crippen LogP contribution in [0.3, 0.4) is 0 Å². The molecular formula is C31H23N3O2. The number of aromatic amines is 1. The molecule has 5 heteroatoms. The maximum absolute atomic E-state index is 14.0. The minimum Gasteiger partial charge on any atom is -0.457 e. The van der Waals surface area contributed by atoms with Crippen molar-refractivity contribution in [2.24, 2.45) is 0 Å². The number of nitrogens with one attached hydrogen (secondary N) is 1. The number of carbonyl (C=O) groups is 1. The highest BCUT2D eigenvalue weighted by molar-refractivity contribution is 6.15. The first-order valence-electron chi connectivity index (χ1n) is 11.8. The van der Waals surface area contributed by atoms with Crippen molar-refractivity contribution in [1.29, 1.82) is 0 Å². The number of rotatable bonds is 6. The molecule has 0 atom stereocenters. The average Bonchev–Trinajstić information content (AvgIpc) is 3.57. The lowest BCUT2D eigenvalue weighted by Crippen LogP contribution is -2.05. The van der Waals surface area contributed by atoms with Crippen LogP contribution in [0.5, 0.6) is 11.5 Å². The second kappa shape index (κ2) is 9.04. The second-order valence-electron chi connectivity index (χ2n) is 8.61. The minimum absolute atomic E-state index is 0.0417. The van der Waals surface area contributed by atoms with Gasteiger partial charge in [-0.3, -0.25) is 4.79 Å². The molecule has 4 aromatic carbocycles. The number of H-pyrrole nitrogens is 1. The van der Waals surface area contributed by atoms with Crippen molar-refractivity contribution in [3.8, 4) is 28.4 Å². The van der Waals surface area contributed by atoms with E-state index in [4.69, 9.17) is 4.74 Å². The predicted molar refractivity (Wildman–Crippen MR) is 142 cm³/mol. The van der Waals surface area contributed by atoms with Crippen LogP contribution in [-0.2, 0) is 0 Å². The lowest BCUT2D eigenvalue weighted by Gasteiger charge is -2.10. The van der Waals surface area contributed by atoms with Crippen LogP contribution in [-0.4, -0.2) is 20.3 Å². The Bertz CT molecular complexity index is 1660. The van der Waals surface area contributed by atoms with Gasteiger partial charge in [-0.1, -0.05) is 60.7 Å². The maximum Gasteiger partial charge on any atom is 0.195 e. The van der Waals surface area contributed by atoms with Gasteiger partial charge in [-0.05, 0) is 59.7 Å². The van der Waals surface area contributed by atoms with E-state index < -0.39 is 0 Å². The quantitative estimate of drug-likeness (QED) is 0.259. The zero-order chi connectivity index (χ0) is 24.5. The van der Waals surface area contributed by atoms with Crippen molar-refractivity contribution in [3.05, 3.63) is 133 Å². The zero-order valence-corrected chi connectivity index (χ0v) is 19.7. The van der Waals surface area contributed by atoms with Crippen LogP contribution in [0.15, 0.2) is 116 Å². The topological polar surface area (TPSA) is 59.9 Å². The molecule has 0 saturated carbocycles. The first-order chi connectivity index (χ1) is 17.7. The fourth-order valence-corrected chi connectivity index (χ4v) is 4.63. The highest BCUT2D eigenvalue weighted by Crippen LogP contribution is 2.36. The van der Waals surface area contributed by atoms with E-state index in [2.05, 4.69) is 34.2 Å². The summed E-state index contributed by atoms with van der Waals surface area (Å²) in [5.41, 5.74) is 4.01. The number of carbonyl (C=O) groups excluding carboxylic acids is 1. The average molecular weight is 470 g/mol. The Hall–Kier alpha value is -4.90. The van der Waals surface area contributed by atoms with E-state index >= 15 is 0 Å². The Morgan fingerprint density at radius 2 is 1.53 bits per heavy atom. The Balaban J connectivity index is 1.45. The van der Waals surface area contributed by atoms with Crippen molar-refractivity contribution in [2.75, 3.05) is 0 Å². The van der Waals surface area contributed by atoms with E-state index in [0.29, 0.717) is 16.9 Å². The monoisotopic (exact) mass is 469 g/mol. The molecule has 0 saturated heterocycles. The van der Waals surface area contributed by atoms with E-state index in [1.807, 2.05) is 90.5 Å². The molecule has 0 bridgehead atoms.